The third-order valence-corrected chi connectivity index (χ3v) is 2.97. The van der Waals surface area contributed by atoms with Crippen LogP contribution in [0, 0.1) is 17.2 Å². The van der Waals surface area contributed by atoms with Crippen molar-refractivity contribution in [2.75, 3.05) is 18.5 Å². The average Bonchev–Trinajstić information content (AvgIpc) is 2.83. The molecule has 100 valence electrons. The number of nitrogens with zero attached hydrogens (tertiary/aromatic N) is 1. The SMILES string of the molecule is CC1CC(C(=O)Nc2cccc(OCC#N)c2)CO1. The minimum absolute atomic E-state index is 0.00855. The number of amides is 1. The fourth-order valence-electron chi connectivity index (χ4n) is 2.02. The van der Waals surface area contributed by atoms with Gasteiger partial charge in [0.25, 0.3) is 0 Å². The maximum Gasteiger partial charge on any atom is 0.229 e. The number of hydrogen-bond acceptors (Lipinski definition) is 4. The predicted molar refractivity (Wildman–Crippen MR) is 69.7 cm³/mol. The molecular weight excluding hydrogens is 244 g/mol. The Hall–Kier alpha value is -2.06. The zero-order valence-electron chi connectivity index (χ0n) is 10.8. The summed E-state index contributed by atoms with van der Waals surface area (Å²) < 4.78 is 10.6. The minimum atomic E-state index is -0.0984. The number of benzene rings is 1. The van der Waals surface area contributed by atoms with Crippen LogP contribution in [0.25, 0.3) is 0 Å². The van der Waals surface area contributed by atoms with Gasteiger partial charge in [-0.1, -0.05) is 6.07 Å². The van der Waals surface area contributed by atoms with Gasteiger partial charge in [0.05, 0.1) is 18.6 Å². The van der Waals surface area contributed by atoms with Crippen LogP contribution in [0.5, 0.6) is 5.75 Å². The molecule has 2 atom stereocenters. The molecule has 0 bridgehead atoms. The van der Waals surface area contributed by atoms with Gasteiger partial charge < -0.3 is 14.8 Å². The number of anilines is 1. The highest BCUT2D eigenvalue weighted by Gasteiger charge is 2.28. The zero-order chi connectivity index (χ0) is 13.7. The van der Waals surface area contributed by atoms with Crippen LogP contribution in [0.1, 0.15) is 13.3 Å². The van der Waals surface area contributed by atoms with E-state index < -0.39 is 0 Å². The highest BCUT2D eigenvalue weighted by molar-refractivity contribution is 5.93. The standard InChI is InChI=1S/C14H16N2O3/c1-10-7-11(9-19-10)14(17)16-12-3-2-4-13(8-12)18-6-5-15/h2-4,8,10-11H,6-7,9H2,1H3,(H,16,17). The maximum atomic E-state index is 12.0. The number of ether oxygens (including phenoxy) is 2. The third-order valence-electron chi connectivity index (χ3n) is 2.97. The van der Waals surface area contributed by atoms with Gasteiger partial charge in [0.15, 0.2) is 6.61 Å². The summed E-state index contributed by atoms with van der Waals surface area (Å²) >= 11 is 0. The number of hydrogen-bond donors (Lipinski definition) is 1. The van der Waals surface area contributed by atoms with Crippen molar-refractivity contribution in [3.63, 3.8) is 0 Å². The van der Waals surface area contributed by atoms with Crippen LogP contribution < -0.4 is 10.1 Å². The predicted octanol–water partition coefficient (Wildman–Crippen LogP) is 1.95. The van der Waals surface area contributed by atoms with E-state index in [1.165, 1.54) is 0 Å². The van der Waals surface area contributed by atoms with Crippen molar-refractivity contribution >= 4 is 11.6 Å². The van der Waals surface area contributed by atoms with Crippen molar-refractivity contribution in [2.45, 2.75) is 19.4 Å². The molecule has 0 radical (unpaired) electrons. The zero-order valence-corrected chi connectivity index (χ0v) is 10.8. The van der Waals surface area contributed by atoms with Gasteiger partial charge in [0, 0.05) is 11.8 Å². The number of carbonyl (C=O) groups is 1. The second-order valence-electron chi connectivity index (χ2n) is 4.54. The Labute approximate surface area is 112 Å². The van der Waals surface area contributed by atoms with Gasteiger partial charge in [-0.25, -0.2) is 0 Å². The number of nitriles is 1. The Balaban J connectivity index is 1.95. The first-order valence-corrected chi connectivity index (χ1v) is 6.21. The van der Waals surface area contributed by atoms with Crippen LogP contribution in [0.4, 0.5) is 5.69 Å². The molecule has 2 unspecified atom stereocenters. The molecule has 0 spiro atoms. The van der Waals surface area contributed by atoms with Crippen LogP contribution in [-0.2, 0) is 9.53 Å². The highest BCUT2D eigenvalue weighted by atomic mass is 16.5. The van der Waals surface area contributed by atoms with E-state index in [9.17, 15) is 4.79 Å². The lowest BCUT2D eigenvalue weighted by molar-refractivity contribution is -0.119. The summed E-state index contributed by atoms with van der Waals surface area (Å²) in [7, 11) is 0. The topological polar surface area (TPSA) is 71.3 Å². The summed E-state index contributed by atoms with van der Waals surface area (Å²) in [4.78, 5) is 12.0. The van der Waals surface area contributed by atoms with Crippen LogP contribution >= 0.6 is 0 Å². The number of nitrogens with one attached hydrogen (secondary N) is 1. The Morgan fingerprint density at radius 1 is 1.63 bits per heavy atom. The monoisotopic (exact) mass is 260 g/mol. The molecule has 2 rings (SSSR count). The summed E-state index contributed by atoms with van der Waals surface area (Å²) in [6.07, 6.45) is 0.886. The molecule has 1 amide bonds. The summed E-state index contributed by atoms with van der Waals surface area (Å²) in [5.41, 5.74) is 0.667. The molecule has 1 aliphatic heterocycles. The summed E-state index contributed by atoms with van der Waals surface area (Å²) in [5.74, 6) is 0.427. The molecule has 1 N–H and O–H groups in total. The maximum absolute atomic E-state index is 12.0. The second kappa shape index (κ2) is 6.21. The van der Waals surface area contributed by atoms with Crippen molar-refractivity contribution in [3.8, 4) is 11.8 Å². The first-order chi connectivity index (χ1) is 9.19. The largest absolute Gasteiger partial charge is 0.479 e. The van der Waals surface area contributed by atoms with Crippen LogP contribution in [0.3, 0.4) is 0 Å². The van der Waals surface area contributed by atoms with E-state index in [4.69, 9.17) is 14.7 Å². The van der Waals surface area contributed by atoms with Crippen molar-refractivity contribution in [1.29, 1.82) is 5.26 Å². The van der Waals surface area contributed by atoms with E-state index in [2.05, 4.69) is 5.32 Å². The van der Waals surface area contributed by atoms with Crippen molar-refractivity contribution in [3.05, 3.63) is 24.3 Å². The number of rotatable bonds is 4. The normalized spacial score (nSPS) is 21.7. The summed E-state index contributed by atoms with van der Waals surface area (Å²) in [5, 5.41) is 11.3. The van der Waals surface area contributed by atoms with Crippen molar-refractivity contribution in [1.82, 2.24) is 0 Å². The van der Waals surface area contributed by atoms with E-state index in [1.807, 2.05) is 13.0 Å². The van der Waals surface area contributed by atoms with Gasteiger partial charge in [0.1, 0.15) is 11.8 Å². The Morgan fingerprint density at radius 2 is 2.47 bits per heavy atom. The lowest BCUT2D eigenvalue weighted by atomic mass is 10.1. The molecule has 0 aromatic heterocycles. The average molecular weight is 260 g/mol. The first kappa shape index (κ1) is 13.4. The van der Waals surface area contributed by atoms with E-state index in [0.717, 1.165) is 6.42 Å². The molecule has 5 heteroatoms. The van der Waals surface area contributed by atoms with Gasteiger partial charge in [-0.2, -0.15) is 5.26 Å². The molecule has 1 aliphatic rings. The highest BCUT2D eigenvalue weighted by Crippen LogP contribution is 2.22. The van der Waals surface area contributed by atoms with E-state index >= 15 is 0 Å². The fraction of sp³-hybridized carbons (Fsp3) is 0.429. The van der Waals surface area contributed by atoms with Crippen LogP contribution in [0.2, 0.25) is 0 Å². The van der Waals surface area contributed by atoms with Gasteiger partial charge in [-0.05, 0) is 25.5 Å². The molecule has 1 aromatic carbocycles. The number of carbonyl (C=O) groups excluding carboxylic acids is 1. The molecule has 5 nitrogen and oxygen atoms in total. The molecule has 1 aromatic rings. The van der Waals surface area contributed by atoms with Gasteiger partial charge in [0.2, 0.25) is 5.91 Å². The van der Waals surface area contributed by atoms with Crippen LogP contribution in [-0.4, -0.2) is 25.2 Å². The molecule has 0 saturated carbocycles. The van der Waals surface area contributed by atoms with Crippen LogP contribution in [0.15, 0.2) is 24.3 Å². The Bertz CT molecular complexity index is 496. The first-order valence-electron chi connectivity index (χ1n) is 6.21. The lowest BCUT2D eigenvalue weighted by Crippen LogP contribution is -2.23. The third kappa shape index (κ3) is 3.70. The Kier molecular flexibility index (Phi) is 4.37. The van der Waals surface area contributed by atoms with Gasteiger partial charge in [-0.15, -0.1) is 0 Å². The molecule has 0 aliphatic carbocycles. The Morgan fingerprint density at radius 3 is 3.16 bits per heavy atom. The molecule has 1 saturated heterocycles. The smallest absolute Gasteiger partial charge is 0.229 e. The van der Waals surface area contributed by atoms with E-state index in [0.29, 0.717) is 18.0 Å². The van der Waals surface area contributed by atoms with Gasteiger partial charge in [-0.3, -0.25) is 4.79 Å². The van der Waals surface area contributed by atoms with Crippen molar-refractivity contribution < 1.29 is 14.3 Å². The lowest BCUT2D eigenvalue weighted by Gasteiger charge is -2.10. The summed E-state index contributed by atoms with van der Waals surface area (Å²) in [6.45, 7) is 2.42. The summed E-state index contributed by atoms with van der Waals surface area (Å²) in [6, 6.07) is 8.91. The molecule has 1 heterocycles. The minimum Gasteiger partial charge on any atom is -0.479 e. The quantitative estimate of drug-likeness (QED) is 0.898. The second-order valence-corrected chi connectivity index (χ2v) is 4.54. The molecular formula is C14H16N2O3. The van der Waals surface area contributed by atoms with E-state index in [-0.39, 0.29) is 24.5 Å². The van der Waals surface area contributed by atoms with Crippen molar-refractivity contribution in [2.24, 2.45) is 5.92 Å². The van der Waals surface area contributed by atoms with E-state index in [1.54, 1.807) is 24.3 Å². The molecule has 1 fully saturated rings. The fourth-order valence-corrected chi connectivity index (χ4v) is 2.02. The van der Waals surface area contributed by atoms with Gasteiger partial charge >= 0.3 is 0 Å². The molecule has 19 heavy (non-hydrogen) atoms.